The van der Waals surface area contributed by atoms with E-state index in [0.717, 1.165) is 64.2 Å². The lowest BCUT2D eigenvalue weighted by atomic mass is 9.94. The van der Waals surface area contributed by atoms with Gasteiger partial charge in [-0.2, -0.15) is 4.31 Å². The first-order chi connectivity index (χ1) is 16.9. The molecule has 1 aliphatic carbocycles. The number of carbonyl (C=O) groups excluding carboxylic acids is 1. The van der Waals surface area contributed by atoms with Crippen LogP contribution in [-0.2, 0) is 29.4 Å². The van der Waals surface area contributed by atoms with Crippen LogP contribution in [0.5, 0.6) is 11.5 Å². The second kappa shape index (κ2) is 8.65. The number of aryl methyl sites for hydroxylation is 2. The van der Waals surface area contributed by atoms with Gasteiger partial charge in [0.1, 0.15) is 0 Å². The van der Waals surface area contributed by atoms with Crippen molar-refractivity contribution in [2.45, 2.75) is 44.0 Å². The molecule has 8 nitrogen and oxygen atoms in total. The fourth-order valence-electron chi connectivity index (χ4n) is 5.46. The van der Waals surface area contributed by atoms with E-state index in [1.165, 1.54) is 0 Å². The summed E-state index contributed by atoms with van der Waals surface area (Å²) < 4.78 is 39.9. The summed E-state index contributed by atoms with van der Waals surface area (Å²) >= 11 is 0. The predicted molar refractivity (Wildman–Crippen MR) is 132 cm³/mol. The van der Waals surface area contributed by atoms with Gasteiger partial charge in [-0.3, -0.25) is 9.69 Å². The number of carbonyl (C=O) groups is 1. The molecule has 2 aliphatic heterocycles. The van der Waals surface area contributed by atoms with Crippen molar-refractivity contribution in [1.82, 2.24) is 14.2 Å². The first kappa shape index (κ1) is 22.6. The van der Waals surface area contributed by atoms with Crippen LogP contribution in [0, 0.1) is 0 Å². The van der Waals surface area contributed by atoms with E-state index < -0.39 is 10.0 Å². The van der Waals surface area contributed by atoms with E-state index in [1.54, 1.807) is 10.4 Å². The van der Waals surface area contributed by atoms with Gasteiger partial charge in [-0.15, -0.1) is 0 Å². The van der Waals surface area contributed by atoms with Crippen LogP contribution >= 0.6 is 0 Å². The molecule has 3 aliphatic rings. The van der Waals surface area contributed by atoms with E-state index in [4.69, 9.17) is 9.47 Å². The molecule has 1 N–H and O–H groups in total. The number of hydrogen-bond donors (Lipinski definition) is 1. The molecular weight excluding hydrogens is 466 g/mol. The summed E-state index contributed by atoms with van der Waals surface area (Å²) in [5.74, 6) is 1.67. The van der Waals surface area contributed by atoms with Gasteiger partial charge in [-0.1, -0.05) is 13.0 Å². The average molecular weight is 496 g/mol. The van der Waals surface area contributed by atoms with Crippen molar-refractivity contribution in [3.63, 3.8) is 0 Å². The number of aromatic amines is 1. The van der Waals surface area contributed by atoms with E-state index in [-0.39, 0.29) is 12.6 Å². The maximum Gasteiger partial charge on any atom is 0.243 e. The van der Waals surface area contributed by atoms with E-state index in [1.807, 2.05) is 31.2 Å². The minimum Gasteiger partial charge on any atom is -0.454 e. The van der Waals surface area contributed by atoms with Crippen molar-refractivity contribution in [2.24, 2.45) is 0 Å². The third kappa shape index (κ3) is 3.91. The lowest BCUT2D eigenvalue weighted by Gasteiger charge is -2.34. The maximum atomic E-state index is 13.7. The number of H-pyrrole nitrogens is 1. The van der Waals surface area contributed by atoms with Crippen LogP contribution in [0.2, 0.25) is 0 Å². The molecule has 35 heavy (non-hydrogen) atoms. The number of aromatic nitrogens is 1. The number of fused-ring (bicyclic) bond motifs is 4. The van der Waals surface area contributed by atoms with Crippen molar-refractivity contribution >= 4 is 26.7 Å². The number of benzene rings is 2. The largest absolute Gasteiger partial charge is 0.454 e. The fourth-order valence-corrected chi connectivity index (χ4v) is 7.18. The highest BCUT2D eigenvalue weighted by Gasteiger charge is 2.32. The van der Waals surface area contributed by atoms with Crippen molar-refractivity contribution in [1.29, 1.82) is 0 Å². The molecule has 1 aromatic heterocycles. The molecule has 0 unspecified atom stereocenters. The molecule has 3 heterocycles. The van der Waals surface area contributed by atoms with Crippen LogP contribution in [-0.4, -0.2) is 61.4 Å². The van der Waals surface area contributed by atoms with Crippen LogP contribution in [0.1, 0.15) is 46.9 Å². The maximum absolute atomic E-state index is 13.7. The Hall–Kier alpha value is -2.88. The fraction of sp³-hybridized carbons (Fsp3) is 0.423. The van der Waals surface area contributed by atoms with Crippen molar-refractivity contribution in [3.8, 4) is 11.5 Å². The number of hydrogen-bond acceptors (Lipinski definition) is 6. The summed E-state index contributed by atoms with van der Waals surface area (Å²) in [5, 5.41) is 0.856. The first-order valence-corrected chi connectivity index (χ1v) is 13.7. The molecule has 0 atom stereocenters. The number of rotatable bonds is 5. The quantitative estimate of drug-likeness (QED) is 0.583. The van der Waals surface area contributed by atoms with Crippen LogP contribution < -0.4 is 9.47 Å². The molecule has 0 amide bonds. The molecule has 3 aromatic rings. The van der Waals surface area contributed by atoms with Gasteiger partial charge in [-0.25, -0.2) is 8.42 Å². The zero-order valence-corrected chi connectivity index (χ0v) is 20.6. The molecule has 0 spiro atoms. The summed E-state index contributed by atoms with van der Waals surface area (Å²) in [6.07, 6.45) is 2.80. The van der Waals surface area contributed by atoms with Gasteiger partial charge in [0.25, 0.3) is 0 Å². The number of nitrogens with zero attached hydrogens (tertiary/aromatic N) is 2. The normalized spacial score (nSPS) is 18.8. The third-order valence-electron chi connectivity index (χ3n) is 7.34. The van der Waals surface area contributed by atoms with Crippen LogP contribution in [0.15, 0.2) is 35.2 Å². The second-order valence-electron chi connectivity index (χ2n) is 9.48. The summed E-state index contributed by atoms with van der Waals surface area (Å²) in [5.41, 5.74) is 4.31. The Morgan fingerprint density at radius 1 is 1.00 bits per heavy atom. The van der Waals surface area contributed by atoms with Crippen LogP contribution in [0.4, 0.5) is 0 Å². The van der Waals surface area contributed by atoms with E-state index >= 15 is 0 Å². The van der Waals surface area contributed by atoms with Crippen LogP contribution in [0.25, 0.3) is 10.9 Å². The molecule has 1 fully saturated rings. The standard InChI is InChI=1S/C26H29N3O5S/c1-2-18-13-19-21(27-20-4-3-5-22(30)26(19)20)14-25(18)35(31,32)29-10-8-28(9-11-29)15-17-6-7-23-24(12-17)34-16-33-23/h6-7,12-14,27H,2-5,8-11,15-16H2,1H3. The van der Waals surface area contributed by atoms with Gasteiger partial charge in [0, 0.05) is 61.3 Å². The SMILES string of the molecule is CCc1cc2c3c([nH]c2cc1S(=O)(=O)N1CCN(Cc2ccc4c(c2)OCO4)CC1)CCCC3=O. The summed E-state index contributed by atoms with van der Waals surface area (Å²) in [6, 6.07) is 9.60. The highest BCUT2D eigenvalue weighted by molar-refractivity contribution is 7.89. The van der Waals surface area contributed by atoms with Gasteiger partial charge in [0.15, 0.2) is 17.3 Å². The summed E-state index contributed by atoms with van der Waals surface area (Å²) in [6.45, 7) is 5.14. The zero-order chi connectivity index (χ0) is 24.2. The molecular formula is C26H29N3O5S. The van der Waals surface area contributed by atoms with Gasteiger partial charge in [0.2, 0.25) is 16.8 Å². The van der Waals surface area contributed by atoms with E-state index in [0.29, 0.717) is 43.9 Å². The second-order valence-corrected chi connectivity index (χ2v) is 11.4. The Balaban J connectivity index is 1.22. The lowest BCUT2D eigenvalue weighted by Crippen LogP contribution is -2.48. The molecule has 184 valence electrons. The van der Waals surface area contributed by atoms with E-state index in [9.17, 15) is 13.2 Å². The monoisotopic (exact) mass is 495 g/mol. The topological polar surface area (TPSA) is 91.9 Å². The van der Waals surface area contributed by atoms with Gasteiger partial charge < -0.3 is 14.5 Å². The molecule has 6 rings (SSSR count). The lowest BCUT2D eigenvalue weighted by molar-refractivity contribution is 0.0974. The Kier molecular flexibility index (Phi) is 5.58. The zero-order valence-electron chi connectivity index (χ0n) is 19.8. The average Bonchev–Trinajstić information content (AvgIpc) is 3.47. The summed E-state index contributed by atoms with van der Waals surface area (Å²) in [4.78, 5) is 18.5. The van der Waals surface area contributed by atoms with Crippen molar-refractivity contribution < 1.29 is 22.7 Å². The Bertz CT molecular complexity index is 1420. The minimum atomic E-state index is -3.65. The molecule has 0 saturated carbocycles. The predicted octanol–water partition coefficient (Wildman–Crippen LogP) is 3.48. The van der Waals surface area contributed by atoms with E-state index in [2.05, 4.69) is 9.88 Å². The first-order valence-electron chi connectivity index (χ1n) is 12.3. The minimum absolute atomic E-state index is 0.147. The number of sulfonamides is 1. The number of nitrogens with one attached hydrogen (secondary N) is 1. The molecule has 0 radical (unpaired) electrons. The Labute approximate surface area is 204 Å². The summed E-state index contributed by atoms with van der Waals surface area (Å²) in [7, 11) is -3.65. The number of piperazine rings is 1. The van der Waals surface area contributed by atoms with Gasteiger partial charge >= 0.3 is 0 Å². The Morgan fingerprint density at radius 2 is 1.80 bits per heavy atom. The highest BCUT2D eigenvalue weighted by atomic mass is 32.2. The van der Waals surface area contributed by atoms with Crippen molar-refractivity contribution in [2.75, 3.05) is 33.0 Å². The van der Waals surface area contributed by atoms with Gasteiger partial charge in [-0.05, 0) is 54.7 Å². The number of ketones is 1. The van der Waals surface area contributed by atoms with Crippen LogP contribution in [0.3, 0.4) is 0 Å². The van der Waals surface area contributed by atoms with Gasteiger partial charge in [0.05, 0.1) is 4.90 Å². The molecule has 9 heteroatoms. The number of ether oxygens (including phenoxy) is 2. The molecule has 2 aromatic carbocycles. The smallest absolute Gasteiger partial charge is 0.243 e. The Morgan fingerprint density at radius 3 is 2.60 bits per heavy atom. The van der Waals surface area contributed by atoms with Crippen molar-refractivity contribution in [3.05, 3.63) is 52.7 Å². The number of Topliss-reactive ketones (excluding diaryl/α,β-unsaturated/α-hetero) is 1. The highest BCUT2D eigenvalue weighted by Crippen LogP contribution is 2.35. The third-order valence-corrected chi connectivity index (χ3v) is 9.32. The molecule has 0 bridgehead atoms. The molecule has 1 saturated heterocycles.